The van der Waals surface area contributed by atoms with E-state index in [-0.39, 0.29) is 0 Å². The molecule has 0 spiro atoms. The monoisotopic (exact) mass is 417 g/mol. The van der Waals surface area contributed by atoms with Gasteiger partial charge in [-0.05, 0) is 48.0 Å². The Balaban J connectivity index is 0.000000401. The smallest absolute Gasteiger partial charge is 0.414 e. The molecule has 0 bridgehead atoms. The van der Waals surface area contributed by atoms with E-state index in [2.05, 4.69) is 15.6 Å². The van der Waals surface area contributed by atoms with Crippen molar-refractivity contribution in [1.29, 1.82) is 0 Å². The van der Waals surface area contributed by atoms with Crippen molar-refractivity contribution in [2.45, 2.75) is 0 Å². The van der Waals surface area contributed by atoms with Crippen LogP contribution in [0.4, 0.5) is 0 Å². The van der Waals surface area contributed by atoms with Crippen LogP contribution in [0.5, 0.6) is 5.75 Å². The van der Waals surface area contributed by atoms with Crippen molar-refractivity contribution in [2.24, 2.45) is 0 Å². The highest BCUT2D eigenvalue weighted by Crippen LogP contribution is 2.22. The van der Waals surface area contributed by atoms with Crippen LogP contribution in [0.1, 0.15) is 11.4 Å². The Morgan fingerprint density at radius 2 is 1.58 bits per heavy atom. The number of rotatable bonds is 4. The van der Waals surface area contributed by atoms with Gasteiger partial charge in [0, 0.05) is 6.20 Å². The first-order valence-electron chi connectivity index (χ1n) is 9.17. The molecule has 8 heteroatoms. The number of pyridine rings is 1. The van der Waals surface area contributed by atoms with E-state index in [4.69, 9.17) is 29.5 Å². The number of ether oxygens (including phenoxy) is 1. The lowest BCUT2D eigenvalue weighted by molar-refractivity contribution is -0.159. The van der Waals surface area contributed by atoms with E-state index in [1.54, 1.807) is 13.3 Å². The minimum atomic E-state index is -1.82. The molecule has 8 nitrogen and oxygen atoms in total. The lowest BCUT2D eigenvalue weighted by Crippen LogP contribution is -2.09. The van der Waals surface area contributed by atoms with Crippen LogP contribution < -0.4 is 4.74 Å². The predicted molar refractivity (Wildman–Crippen MR) is 116 cm³/mol. The van der Waals surface area contributed by atoms with Crippen LogP contribution >= 0.6 is 0 Å². The van der Waals surface area contributed by atoms with E-state index in [1.165, 1.54) is 0 Å². The van der Waals surface area contributed by atoms with Crippen LogP contribution in [0.15, 0.2) is 72.9 Å². The number of hydrogen-bond donors (Lipinski definition) is 2. The minimum Gasteiger partial charge on any atom is -0.497 e. The molecule has 0 unspecified atom stereocenters. The summed E-state index contributed by atoms with van der Waals surface area (Å²) in [5.41, 5.74) is 3.07. The first kappa shape index (κ1) is 21.3. The molecule has 0 aliphatic rings. The Morgan fingerprint density at radius 3 is 2.19 bits per heavy atom. The third-order valence-corrected chi connectivity index (χ3v) is 4.19. The molecule has 0 saturated carbocycles. The third-order valence-electron chi connectivity index (χ3n) is 4.19. The highest BCUT2D eigenvalue weighted by molar-refractivity contribution is 6.27. The topological polar surface area (TPSA) is 115 Å². The summed E-state index contributed by atoms with van der Waals surface area (Å²) in [5, 5.41) is 14.8. The second kappa shape index (κ2) is 9.84. The molecule has 2 N–H and O–H groups in total. The van der Waals surface area contributed by atoms with Crippen molar-refractivity contribution in [3.8, 4) is 11.6 Å². The zero-order valence-electron chi connectivity index (χ0n) is 16.5. The second-order valence-electron chi connectivity index (χ2n) is 6.20. The fraction of sp³-hybridized carbons (Fsp3) is 0.0435. The van der Waals surface area contributed by atoms with Gasteiger partial charge < -0.3 is 14.9 Å². The lowest BCUT2D eigenvalue weighted by atomic mass is 10.2. The minimum absolute atomic E-state index is 0.843. The maximum Gasteiger partial charge on any atom is 0.414 e. The van der Waals surface area contributed by atoms with E-state index in [9.17, 15) is 0 Å². The third kappa shape index (κ3) is 5.33. The predicted octanol–water partition coefficient (Wildman–Crippen LogP) is 3.76. The number of aromatic nitrogens is 3. The number of aliphatic carboxylic acids is 2. The molecule has 2 aromatic carbocycles. The molecule has 2 aromatic heterocycles. The largest absolute Gasteiger partial charge is 0.497 e. The molecule has 4 rings (SSSR count). The van der Waals surface area contributed by atoms with Crippen molar-refractivity contribution in [1.82, 2.24) is 14.5 Å². The highest BCUT2D eigenvalue weighted by Gasteiger charge is 2.10. The van der Waals surface area contributed by atoms with Crippen molar-refractivity contribution < 1.29 is 24.5 Å². The Labute approximate surface area is 177 Å². The molecule has 2 heterocycles. The van der Waals surface area contributed by atoms with Gasteiger partial charge >= 0.3 is 11.9 Å². The summed E-state index contributed by atoms with van der Waals surface area (Å²) in [5.74, 6) is -1.11. The van der Waals surface area contributed by atoms with Crippen LogP contribution in [0.25, 0.3) is 29.0 Å². The zero-order valence-corrected chi connectivity index (χ0v) is 16.5. The molecular weight excluding hydrogens is 398 g/mol. The molecule has 0 amide bonds. The summed E-state index contributed by atoms with van der Waals surface area (Å²) < 4.78 is 7.26. The van der Waals surface area contributed by atoms with Gasteiger partial charge in [-0.25, -0.2) is 19.6 Å². The molecule has 4 aromatic rings. The number of carboxylic acids is 2. The van der Waals surface area contributed by atoms with Crippen LogP contribution in [0.2, 0.25) is 0 Å². The summed E-state index contributed by atoms with van der Waals surface area (Å²) in [6, 6.07) is 21.9. The van der Waals surface area contributed by atoms with E-state index < -0.39 is 11.9 Å². The van der Waals surface area contributed by atoms with Crippen molar-refractivity contribution >= 4 is 35.1 Å². The van der Waals surface area contributed by atoms with Crippen molar-refractivity contribution in [3.05, 3.63) is 84.3 Å². The first-order valence-corrected chi connectivity index (χ1v) is 9.17. The van der Waals surface area contributed by atoms with E-state index in [0.29, 0.717) is 0 Å². The summed E-state index contributed by atoms with van der Waals surface area (Å²) in [6.07, 6.45) is 5.84. The van der Waals surface area contributed by atoms with Gasteiger partial charge in [0.1, 0.15) is 17.4 Å². The van der Waals surface area contributed by atoms with Gasteiger partial charge in [-0.3, -0.25) is 4.57 Å². The summed E-state index contributed by atoms with van der Waals surface area (Å²) in [4.78, 5) is 27.4. The Morgan fingerprint density at radius 1 is 0.903 bits per heavy atom. The number of para-hydroxylation sites is 2. The van der Waals surface area contributed by atoms with Gasteiger partial charge in [0.15, 0.2) is 0 Å². The highest BCUT2D eigenvalue weighted by atomic mass is 16.5. The Kier molecular flexibility index (Phi) is 6.74. The normalized spacial score (nSPS) is 10.5. The van der Waals surface area contributed by atoms with Crippen molar-refractivity contribution in [3.63, 3.8) is 0 Å². The maximum absolute atomic E-state index is 9.10. The van der Waals surface area contributed by atoms with Gasteiger partial charge in [-0.2, -0.15) is 0 Å². The summed E-state index contributed by atoms with van der Waals surface area (Å²) in [6.45, 7) is 0. The molecule has 0 radical (unpaired) electrons. The number of hydrogen-bond acceptors (Lipinski definition) is 5. The quantitative estimate of drug-likeness (QED) is 0.486. The van der Waals surface area contributed by atoms with Gasteiger partial charge in [-0.1, -0.05) is 36.4 Å². The Hall–Kier alpha value is -4.46. The molecule has 0 aliphatic heterocycles. The SMILES string of the molecule is COc1ccc(/C=C/c2nc3ccccc3n2-c2ccccn2)cc1.O=C(O)C(=O)O. The van der Waals surface area contributed by atoms with E-state index >= 15 is 0 Å². The molecule has 0 fully saturated rings. The molecule has 0 aliphatic carbocycles. The fourth-order valence-corrected chi connectivity index (χ4v) is 2.77. The number of benzene rings is 2. The van der Waals surface area contributed by atoms with E-state index in [1.807, 2.05) is 72.8 Å². The van der Waals surface area contributed by atoms with Crippen LogP contribution in [-0.4, -0.2) is 43.8 Å². The molecular formula is C23H19N3O5. The van der Waals surface area contributed by atoms with Gasteiger partial charge in [-0.15, -0.1) is 0 Å². The maximum atomic E-state index is 9.10. The summed E-state index contributed by atoms with van der Waals surface area (Å²) >= 11 is 0. The van der Waals surface area contributed by atoms with Gasteiger partial charge in [0.2, 0.25) is 0 Å². The number of imidazole rings is 1. The van der Waals surface area contributed by atoms with Crippen LogP contribution in [-0.2, 0) is 9.59 Å². The zero-order chi connectivity index (χ0) is 22.2. The Bertz CT molecular complexity index is 1200. The second-order valence-corrected chi connectivity index (χ2v) is 6.20. The number of nitrogens with zero attached hydrogens (tertiary/aromatic N) is 3. The number of methoxy groups -OCH3 is 1. The van der Waals surface area contributed by atoms with Crippen LogP contribution in [0.3, 0.4) is 0 Å². The molecule has 0 atom stereocenters. The number of carbonyl (C=O) groups is 2. The van der Waals surface area contributed by atoms with E-state index in [0.717, 1.165) is 34.0 Å². The number of fused-ring (bicyclic) bond motifs is 1. The van der Waals surface area contributed by atoms with Crippen molar-refractivity contribution in [2.75, 3.05) is 7.11 Å². The first-order chi connectivity index (χ1) is 15.0. The molecule has 156 valence electrons. The fourth-order valence-electron chi connectivity index (χ4n) is 2.77. The number of carboxylic acid groups (broad SMARTS) is 2. The lowest BCUT2D eigenvalue weighted by Gasteiger charge is -2.05. The van der Waals surface area contributed by atoms with Gasteiger partial charge in [0.05, 0.1) is 18.1 Å². The average Bonchev–Trinajstić information content (AvgIpc) is 3.17. The van der Waals surface area contributed by atoms with Crippen LogP contribution in [0, 0.1) is 0 Å². The van der Waals surface area contributed by atoms with Gasteiger partial charge in [0.25, 0.3) is 0 Å². The standard InChI is InChI=1S/C21H17N3O.C2H2O4/c1-25-17-12-9-16(10-13-17)11-14-21-23-18-6-2-3-7-19(18)24(21)20-8-4-5-15-22-20;3-1(4)2(5)6/h2-15H,1H3;(H,3,4)(H,5,6)/b14-11+;. The molecule has 31 heavy (non-hydrogen) atoms. The average molecular weight is 417 g/mol. The molecule has 0 saturated heterocycles. The summed E-state index contributed by atoms with van der Waals surface area (Å²) in [7, 11) is 1.67.